The second kappa shape index (κ2) is 7.14. The van der Waals surface area contributed by atoms with E-state index < -0.39 is 11.5 Å². The van der Waals surface area contributed by atoms with Crippen LogP contribution in [0.5, 0.6) is 11.5 Å². The molecule has 0 heterocycles. The van der Waals surface area contributed by atoms with Gasteiger partial charge in [0, 0.05) is 6.54 Å². The Hall–Kier alpha value is -1.75. The Balaban J connectivity index is 2.60. The van der Waals surface area contributed by atoms with Crippen molar-refractivity contribution in [3.05, 3.63) is 24.3 Å². The Morgan fingerprint density at radius 2 is 1.90 bits per heavy atom. The summed E-state index contributed by atoms with van der Waals surface area (Å²) in [5.41, 5.74) is -0.904. The first-order chi connectivity index (χ1) is 9.43. The number of aliphatic carboxylic acids is 1. The third-order valence-corrected chi connectivity index (χ3v) is 3.38. The molecule has 1 rings (SSSR count). The highest BCUT2D eigenvalue weighted by Gasteiger charge is 2.33. The first kappa shape index (κ1) is 16.3. The van der Waals surface area contributed by atoms with Gasteiger partial charge in [-0.1, -0.05) is 19.1 Å². The molecule has 0 aliphatic rings. The lowest BCUT2D eigenvalue weighted by molar-refractivity contribution is -0.149. The number of hydrogen-bond acceptors (Lipinski definition) is 4. The summed E-state index contributed by atoms with van der Waals surface area (Å²) >= 11 is 0. The molecule has 5 nitrogen and oxygen atoms in total. The maximum atomic E-state index is 11.3. The number of nitrogens with zero attached hydrogens (tertiary/aromatic N) is 1. The summed E-state index contributed by atoms with van der Waals surface area (Å²) in [5.74, 6) is 0.504. The maximum absolute atomic E-state index is 11.3. The molecule has 1 N–H and O–H groups in total. The van der Waals surface area contributed by atoms with Crippen LogP contribution in [0.15, 0.2) is 24.3 Å². The molecule has 0 atom stereocenters. The fraction of sp³-hybridized carbons (Fsp3) is 0.533. The Bertz CT molecular complexity index is 445. The number of likely N-dealkylation sites (N-methyl/N-ethyl adjacent to an activating group) is 1. The van der Waals surface area contributed by atoms with Crippen molar-refractivity contribution in [3.8, 4) is 11.5 Å². The van der Waals surface area contributed by atoms with E-state index in [-0.39, 0.29) is 0 Å². The minimum atomic E-state index is -0.904. The largest absolute Gasteiger partial charge is 0.493 e. The van der Waals surface area contributed by atoms with Gasteiger partial charge in [-0.15, -0.1) is 0 Å². The fourth-order valence-corrected chi connectivity index (χ4v) is 1.97. The molecule has 1 aromatic carbocycles. The second-order valence-corrected chi connectivity index (χ2v) is 4.94. The monoisotopic (exact) mass is 281 g/mol. The topological polar surface area (TPSA) is 59.0 Å². The normalized spacial score (nSPS) is 11.4. The van der Waals surface area contributed by atoms with Crippen LogP contribution in [-0.4, -0.2) is 48.3 Å². The minimum Gasteiger partial charge on any atom is -0.493 e. The lowest BCUT2D eigenvalue weighted by atomic mass is 10.0. The summed E-state index contributed by atoms with van der Waals surface area (Å²) < 4.78 is 10.9. The summed E-state index contributed by atoms with van der Waals surface area (Å²) in [4.78, 5) is 13.1. The van der Waals surface area contributed by atoms with E-state index in [1.165, 1.54) is 0 Å². The van der Waals surface area contributed by atoms with Crippen molar-refractivity contribution in [2.75, 3.05) is 26.8 Å². The fourth-order valence-electron chi connectivity index (χ4n) is 1.97. The van der Waals surface area contributed by atoms with Crippen molar-refractivity contribution >= 4 is 5.97 Å². The average Bonchev–Trinajstić information content (AvgIpc) is 2.43. The molecule has 0 unspecified atom stereocenters. The summed E-state index contributed by atoms with van der Waals surface area (Å²) in [6, 6.07) is 7.40. The van der Waals surface area contributed by atoms with Crippen LogP contribution in [0.2, 0.25) is 0 Å². The maximum Gasteiger partial charge on any atom is 0.323 e. The van der Waals surface area contributed by atoms with Crippen LogP contribution in [0.1, 0.15) is 20.8 Å². The third kappa shape index (κ3) is 3.87. The van der Waals surface area contributed by atoms with Crippen LogP contribution < -0.4 is 9.47 Å². The predicted molar refractivity (Wildman–Crippen MR) is 77.5 cm³/mol. The SMILES string of the molecule is CCN(CCOc1ccccc1OC)C(C)(C)C(=O)O. The molecular weight excluding hydrogens is 258 g/mol. The molecule has 0 saturated heterocycles. The number of carboxylic acid groups (broad SMARTS) is 1. The lowest BCUT2D eigenvalue weighted by Crippen LogP contribution is -2.51. The van der Waals surface area contributed by atoms with Crippen LogP contribution in [0, 0.1) is 0 Å². The van der Waals surface area contributed by atoms with E-state index >= 15 is 0 Å². The number of benzene rings is 1. The van der Waals surface area contributed by atoms with Gasteiger partial charge < -0.3 is 14.6 Å². The summed E-state index contributed by atoms with van der Waals surface area (Å²) in [7, 11) is 1.59. The molecule has 0 spiro atoms. The Kier molecular flexibility index (Phi) is 5.82. The van der Waals surface area contributed by atoms with Crippen LogP contribution in [-0.2, 0) is 4.79 Å². The first-order valence-electron chi connectivity index (χ1n) is 6.67. The number of rotatable bonds is 8. The summed E-state index contributed by atoms with van der Waals surface area (Å²) in [6.07, 6.45) is 0. The van der Waals surface area contributed by atoms with E-state index in [1.807, 2.05) is 36.1 Å². The van der Waals surface area contributed by atoms with E-state index in [9.17, 15) is 9.90 Å². The highest BCUT2D eigenvalue weighted by atomic mass is 16.5. The van der Waals surface area contributed by atoms with Gasteiger partial charge in [-0.25, -0.2) is 0 Å². The van der Waals surface area contributed by atoms with E-state index in [0.29, 0.717) is 31.2 Å². The predicted octanol–water partition coefficient (Wildman–Crippen LogP) is 2.26. The smallest absolute Gasteiger partial charge is 0.323 e. The zero-order valence-corrected chi connectivity index (χ0v) is 12.5. The second-order valence-electron chi connectivity index (χ2n) is 4.94. The molecule has 1 aromatic rings. The number of para-hydroxylation sites is 2. The molecule has 0 aliphatic heterocycles. The van der Waals surface area contributed by atoms with Crippen LogP contribution in [0.3, 0.4) is 0 Å². The van der Waals surface area contributed by atoms with E-state index in [2.05, 4.69) is 0 Å². The van der Waals surface area contributed by atoms with Gasteiger partial charge in [0.1, 0.15) is 12.1 Å². The highest BCUT2D eigenvalue weighted by Crippen LogP contribution is 2.25. The summed E-state index contributed by atoms with van der Waals surface area (Å²) in [6.45, 7) is 6.92. The van der Waals surface area contributed by atoms with Crippen molar-refractivity contribution in [2.45, 2.75) is 26.3 Å². The van der Waals surface area contributed by atoms with Gasteiger partial charge in [0.05, 0.1) is 7.11 Å². The molecule has 0 bridgehead atoms. The molecule has 0 aromatic heterocycles. The van der Waals surface area contributed by atoms with Crippen molar-refractivity contribution in [1.29, 1.82) is 0 Å². The van der Waals surface area contributed by atoms with Crippen molar-refractivity contribution in [2.24, 2.45) is 0 Å². The molecule has 0 aliphatic carbocycles. The van der Waals surface area contributed by atoms with Crippen molar-refractivity contribution in [1.82, 2.24) is 4.90 Å². The quantitative estimate of drug-likeness (QED) is 0.792. The van der Waals surface area contributed by atoms with Gasteiger partial charge in [0.25, 0.3) is 0 Å². The van der Waals surface area contributed by atoms with Gasteiger partial charge in [-0.05, 0) is 32.5 Å². The van der Waals surface area contributed by atoms with Crippen LogP contribution in [0.4, 0.5) is 0 Å². The first-order valence-corrected chi connectivity index (χ1v) is 6.67. The highest BCUT2D eigenvalue weighted by molar-refractivity contribution is 5.77. The number of carboxylic acids is 1. The molecule has 0 saturated carbocycles. The zero-order valence-electron chi connectivity index (χ0n) is 12.5. The van der Waals surface area contributed by atoms with Crippen LogP contribution in [0.25, 0.3) is 0 Å². The molecule has 0 radical (unpaired) electrons. The molecule has 0 amide bonds. The van der Waals surface area contributed by atoms with Gasteiger partial charge in [-0.2, -0.15) is 0 Å². The standard InChI is InChI=1S/C15H23NO4/c1-5-16(15(2,3)14(17)18)10-11-20-13-9-7-6-8-12(13)19-4/h6-9H,5,10-11H2,1-4H3,(H,17,18). The van der Waals surface area contributed by atoms with E-state index in [1.54, 1.807) is 21.0 Å². The number of hydrogen-bond donors (Lipinski definition) is 1. The van der Waals surface area contributed by atoms with Gasteiger partial charge in [-0.3, -0.25) is 9.69 Å². The minimum absolute atomic E-state index is 0.408. The lowest BCUT2D eigenvalue weighted by Gasteiger charge is -2.33. The molecule has 112 valence electrons. The van der Waals surface area contributed by atoms with Crippen LogP contribution >= 0.6 is 0 Å². The Morgan fingerprint density at radius 3 is 2.40 bits per heavy atom. The van der Waals surface area contributed by atoms with E-state index in [4.69, 9.17) is 9.47 Å². The van der Waals surface area contributed by atoms with Gasteiger partial charge >= 0.3 is 5.97 Å². The average molecular weight is 281 g/mol. The third-order valence-electron chi connectivity index (χ3n) is 3.38. The number of carbonyl (C=O) groups is 1. The summed E-state index contributed by atoms with van der Waals surface area (Å²) in [5, 5.41) is 9.24. The Labute approximate surface area is 120 Å². The molecule has 5 heteroatoms. The zero-order chi connectivity index (χ0) is 15.2. The van der Waals surface area contributed by atoms with E-state index in [0.717, 1.165) is 0 Å². The number of methoxy groups -OCH3 is 1. The van der Waals surface area contributed by atoms with Crippen molar-refractivity contribution < 1.29 is 19.4 Å². The Morgan fingerprint density at radius 1 is 1.30 bits per heavy atom. The molecule has 0 fully saturated rings. The van der Waals surface area contributed by atoms with Gasteiger partial charge in [0.15, 0.2) is 11.5 Å². The van der Waals surface area contributed by atoms with Crippen molar-refractivity contribution in [3.63, 3.8) is 0 Å². The molecule has 20 heavy (non-hydrogen) atoms. The molecular formula is C15H23NO4. The van der Waals surface area contributed by atoms with Gasteiger partial charge in [0.2, 0.25) is 0 Å². The number of ether oxygens (including phenoxy) is 2.